The van der Waals surface area contributed by atoms with Crippen LogP contribution in [0.3, 0.4) is 0 Å². The molecule has 0 aliphatic heterocycles. The summed E-state index contributed by atoms with van der Waals surface area (Å²) in [6.45, 7) is 0. The molecule has 124 valence electrons. The van der Waals surface area contributed by atoms with Crippen molar-refractivity contribution in [3.63, 3.8) is 0 Å². The summed E-state index contributed by atoms with van der Waals surface area (Å²) in [7, 11) is 0. The molecule has 0 heterocycles. The van der Waals surface area contributed by atoms with Crippen LogP contribution in [-0.2, 0) is 17.4 Å². The van der Waals surface area contributed by atoms with Gasteiger partial charge in [-0.15, -0.1) is 0 Å². The van der Waals surface area contributed by atoms with Gasteiger partial charge in [0.15, 0.2) is 0 Å². The van der Waals surface area contributed by atoms with E-state index < -0.39 is 29.5 Å². The minimum Gasteiger partial charge on any atom is -0.336 e. The SMILES string of the molecule is N#C[C@H](NC(=O)Cc1cccc(C(F)(F)F)c1)c1ccc(F)cc1. The Labute approximate surface area is 135 Å². The van der Waals surface area contributed by atoms with Crippen molar-refractivity contribution in [2.45, 2.75) is 18.6 Å². The molecule has 0 fully saturated rings. The summed E-state index contributed by atoms with van der Waals surface area (Å²) in [6, 6.07) is 10.3. The number of hydrogen-bond donors (Lipinski definition) is 1. The summed E-state index contributed by atoms with van der Waals surface area (Å²) in [5.74, 6) is -1.09. The van der Waals surface area contributed by atoms with E-state index in [9.17, 15) is 22.4 Å². The Kier molecular flexibility index (Phi) is 5.19. The van der Waals surface area contributed by atoms with Crippen LogP contribution in [0.5, 0.6) is 0 Å². The van der Waals surface area contributed by atoms with E-state index in [0.717, 1.165) is 24.3 Å². The topological polar surface area (TPSA) is 52.9 Å². The molecule has 1 N–H and O–H groups in total. The average molecular weight is 336 g/mol. The molecule has 2 aromatic rings. The van der Waals surface area contributed by atoms with Gasteiger partial charge in [0.05, 0.1) is 18.1 Å². The number of alkyl halides is 3. The van der Waals surface area contributed by atoms with Crippen molar-refractivity contribution in [2.75, 3.05) is 0 Å². The van der Waals surface area contributed by atoms with Gasteiger partial charge in [-0.25, -0.2) is 4.39 Å². The normalized spacial score (nSPS) is 12.3. The molecule has 0 radical (unpaired) electrons. The average Bonchev–Trinajstić information content (AvgIpc) is 2.53. The second-order valence-electron chi connectivity index (χ2n) is 5.06. The third-order valence-electron chi connectivity index (χ3n) is 3.26. The van der Waals surface area contributed by atoms with Gasteiger partial charge in [0.25, 0.3) is 0 Å². The van der Waals surface area contributed by atoms with Crippen LogP contribution >= 0.6 is 0 Å². The standard InChI is InChI=1S/C17H12F4N2O/c18-14-6-4-12(5-7-14)15(10-22)23-16(24)9-11-2-1-3-13(8-11)17(19,20)21/h1-8,15H,9H2,(H,23,24)/t15-/m0/s1. The van der Waals surface area contributed by atoms with Crippen molar-refractivity contribution < 1.29 is 22.4 Å². The highest BCUT2D eigenvalue weighted by atomic mass is 19.4. The molecule has 2 aromatic carbocycles. The molecule has 1 amide bonds. The second-order valence-corrected chi connectivity index (χ2v) is 5.06. The van der Waals surface area contributed by atoms with Gasteiger partial charge in [-0.1, -0.05) is 30.3 Å². The fourth-order valence-electron chi connectivity index (χ4n) is 2.10. The van der Waals surface area contributed by atoms with Crippen molar-refractivity contribution in [1.29, 1.82) is 5.26 Å². The Bertz CT molecular complexity index is 763. The van der Waals surface area contributed by atoms with Crippen LogP contribution in [0.4, 0.5) is 17.6 Å². The largest absolute Gasteiger partial charge is 0.416 e. The van der Waals surface area contributed by atoms with Gasteiger partial charge in [-0.3, -0.25) is 4.79 Å². The Morgan fingerprint density at radius 3 is 2.42 bits per heavy atom. The van der Waals surface area contributed by atoms with Crippen LogP contribution in [0.15, 0.2) is 48.5 Å². The molecule has 0 unspecified atom stereocenters. The van der Waals surface area contributed by atoms with E-state index >= 15 is 0 Å². The van der Waals surface area contributed by atoms with Gasteiger partial charge in [-0.05, 0) is 29.3 Å². The Balaban J connectivity index is 2.07. The number of rotatable bonds is 4. The number of nitrogens with zero attached hydrogens (tertiary/aromatic N) is 1. The van der Waals surface area contributed by atoms with E-state index in [-0.39, 0.29) is 12.0 Å². The summed E-state index contributed by atoms with van der Waals surface area (Å²) in [5, 5.41) is 11.5. The van der Waals surface area contributed by atoms with Gasteiger partial charge in [0.2, 0.25) is 5.91 Å². The molecule has 0 spiro atoms. The summed E-state index contributed by atoms with van der Waals surface area (Å²) in [4.78, 5) is 12.0. The van der Waals surface area contributed by atoms with E-state index in [1.54, 1.807) is 0 Å². The molecular weight excluding hydrogens is 324 g/mol. The highest BCUT2D eigenvalue weighted by Gasteiger charge is 2.30. The van der Waals surface area contributed by atoms with Gasteiger partial charge in [0, 0.05) is 0 Å². The maximum absolute atomic E-state index is 12.9. The molecule has 0 bridgehead atoms. The third kappa shape index (κ3) is 4.56. The molecule has 0 aliphatic carbocycles. The van der Waals surface area contributed by atoms with Gasteiger partial charge in [-0.2, -0.15) is 18.4 Å². The van der Waals surface area contributed by atoms with Crippen LogP contribution in [0, 0.1) is 17.1 Å². The van der Waals surface area contributed by atoms with Crippen molar-refractivity contribution in [3.05, 3.63) is 71.0 Å². The first-order valence-corrected chi connectivity index (χ1v) is 6.90. The first-order valence-electron chi connectivity index (χ1n) is 6.90. The molecule has 0 saturated carbocycles. The van der Waals surface area contributed by atoms with Gasteiger partial charge < -0.3 is 5.32 Å². The van der Waals surface area contributed by atoms with E-state index in [1.165, 1.54) is 24.3 Å². The minimum atomic E-state index is -4.49. The lowest BCUT2D eigenvalue weighted by Gasteiger charge is -2.13. The number of nitrogens with one attached hydrogen (secondary N) is 1. The number of carbonyl (C=O) groups excluding carboxylic acids is 1. The van der Waals surface area contributed by atoms with Crippen molar-refractivity contribution >= 4 is 5.91 Å². The fraction of sp³-hybridized carbons (Fsp3) is 0.176. The number of nitriles is 1. The van der Waals surface area contributed by atoms with Crippen molar-refractivity contribution in [3.8, 4) is 6.07 Å². The van der Waals surface area contributed by atoms with E-state index in [1.807, 2.05) is 6.07 Å². The van der Waals surface area contributed by atoms with E-state index in [0.29, 0.717) is 5.56 Å². The fourth-order valence-corrected chi connectivity index (χ4v) is 2.10. The van der Waals surface area contributed by atoms with Gasteiger partial charge >= 0.3 is 6.18 Å². The zero-order valence-corrected chi connectivity index (χ0v) is 12.3. The number of benzene rings is 2. The van der Waals surface area contributed by atoms with Crippen LogP contribution in [0.1, 0.15) is 22.7 Å². The molecule has 7 heteroatoms. The monoisotopic (exact) mass is 336 g/mol. The Morgan fingerprint density at radius 2 is 1.83 bits per heavy atom. The molecule has 1 atom stereocenters. The molecule has 0 aromatic heterocycles. The molecule has 3 nitrogen and oxygen atoms in total. The zero-order chi connectivity index (χ0) is 17.7. The number of hydrogen-bond acceptors (Lipinski definition) is 2. The molecule has 0 saturated heterocycles. The van der Waals surface area contributed by atoms with Crippen molar-refractivity contribution in [1.82, 2.24) is 5.32 Å². The lowest BCUT2D eigenvalue weighted by Crippen LogP contribution is -2.29. The summed E-state index contributed by atoms with van der Waals surface area (Å²) < 4.78 is 50.8. The highest BCUT2D eigenvalue weighted by Crippen LogP contribution is 2.29. The van der Waals surface area contributed by atoms with Crippen LogP contribution < -0.4 is 5.32 Å². The molecule has 0 aliphatic rings. The van der Waals surface area contributed by atoms with Crippen molar-refractivity contribution in [2.24, 2.45) is 0 Å². The first-order chi connectivity index (χ1) is 11.3. The van der Waals surface area contributed by atoms with Crippen LogP contribution in [-0.4, -0.2) is 5.91 Å². The summed E-state index contributed by atoms with van der Waals surface area (Å²) in [5.41, 5.74) is -0.280. The van der Waals surface area contributed by atoms with Crippen LogP contribution in [0.2, 0.25) is 0 Å². The van der Waals surface area contributed by atoms with Crippen LogP contribution in [0.25, 0.3) is 0 Å². The predicted molar refractivity (Wildman–Crippen MR) is 78.0 cm³/mol. The Hall–Kier alpha value is -2.88. The number of carbonyl (C=O) groups is 1. The smallest absolute Gasteiger partial charge is 0.336 e. The minimum absolute atomic E-state index is 0.179. The molecule has 2 rings (SSSR count). The number of amides is 1. The maximum Gasteiger partial charge on any atom is 0.416 e. The Morgan fingerprint density at radius 1 is 1.17 bits per heavy atom. The second kappa shape index (κ2) is 7.13. The number of halogens is 4. The predicted octanol–water partition coefficient (Wildman–Crippen LogP) is 3.77. The van der Waals surface area contributed by atoms with E-state index in [4.69, 9.17) is 5.26 Å². The van der Waals surface area contributed by atoms with E-state index in [2.05, 4.69) is 5.32 Å². The maximum atomic E-state index is 12.9. The summed E-state index contributed by atoms with van der Waals surface area (Å²) >= 11 is 0. The quantitative estimate of drug-likeness (QED) is 0.864. The highest BCUT2D eigenvalue weighted by molar-refractivity contribution is 5.79. The lowest BCUT2D eigenvalue weighted by atomic mass is 10.1. The molecular formula is C17H12F4N2O. The third-order valence-corrected chi connectivity index (χ3v) is 3.26. The zero-order valence-electron chi connectivity index (χ0n) is 12.3. The first kappa shape index (κ1) is 17.5. The van der Waals surface area contributed by atoms with Gasteiger partial charge in [0.1, 0.15) is 11.9 Å². The lowest BCUT2D eigenvalue weighted by molar-refractivity contribution is -0.137. The molecule has 24 heavy (non-hydrogen) atoms. The summed E-state index contributed by atoms with van der Waals surface area (Å²) in [6.07, 6.45) is -4.79.